The summed E-state index contributed by atoms with van der Waals surface area (Å²) in [6.45, 7) is 6.21. The lowest BCUT2D eigenvalue weighted by Crippen LogP contribution is -2.30. The summed E-state index contributed by atoms with van der Waals surface area (Å²) in [5.41, 5.74) is 1.22. The normalized spacial score (nSPS) is 11.2. The number of hydrogen-bond donors (Lipinski definition) is 6. The van der Waals surface area contributed by atoms with Crippen LogP contribution in [0.3, 0.4) is 0 Å². The molecule has 0 aliphatic carbocycles. The fraction of sp³-hybridized carbons (Fsp3) is 0.614. The van der Waals surface area contributed by atoms with Crippen molar-refractivity contribution in [3.63, 3.8) is 0 Å². The second-order valence-electron chi connectivity index (χ2n) is 13.2. The van der Waals surface area contributed by atoms with E-state index in [1.807, 2.05) is 0 Å². The molecule has 0 atom stereocenters. The van der Waals surface area contributed by atoms with E-state index in [1.165, 1.54) is 6.07 Å². The Kier molecular flexibility index (Phi) is 38.2. The highest BCUT2D eigenvalue weighted by Gasteiger charge is 2.11. The Balaban J connectivity index is 1.81. The highest BCUT2D eigenvalue weighted by molar-refractivity contribution is 5.76. The van der Waals surface area contributed by atoms with Crippen LogP contribution in [-0.4, -0.2) is 212 Å². The molecule has 24 heteroatoms. The van der Waals surface area contributed by atoms with Gasteiger partial charge < -0.3 is 86.4 Å². The molecule has 0 fully saturated rings. The number of ether oxygens (including phenoxy) is 15. The molecular weight excluding hydrogens is 906 g/mol. The molecule has 0 aromatic heterocycles. The van der Waals surface area contributed by atoms with E-state index in [4.69, 9.17) is 86.4 Å². The molecule has 6 N–H and O–H groups in total. The van der Waals surface area contributed by atoms with Crippen molar-refractivity contribution in [2.75, 3.05) is 179 Å². The van der Waals surface area contributed by atoms with Crippen LogP contribution in [0.25, 0.3) is 12.2 Å². The van der Waals surface area contributed by atoms with Crippen molar-refractivity contribution in [1.29, 1.82) is 0 Å². The number of carbonyl (C=O) groups is 3. The summed E-state index contributed by atoms with van der Waals surface area (Å²) in [6.07, 6.45) is 1.07. The molecule has 24 nitrogen and oxygen atoms in total. The maximum Gasteiger partial charge on any atom is 0.414 e. The zero-order valence-electron chi connectivity index (χ0n) is 38.5. The van der Waals surface area contributed by atoms with E-state index in [2.05, 4.69) is 16.0 Å². The first kappa shape index (κ1) is 59.5. The van der Waals surface area contributed by atoms with E-state index in [9.17, 15) is 14.4 Å². The molecule has 0 aliphatic heterocycles. The zero-order chi connectivity index (χ0) is 48.8. The number of hydrogen-bond acceptors (Lipinski definition) is 21. The summed E-state index contributed by atoms with van der Waals surface area (Å²) in [4.78, 5) is 37.5. The predicted octanol–water partition coefficient (Wildman–Crippen LogP) is 1.17. The van der Waals surface area contributed by atoms with Crippen molar-refractivity contribution in [2.45, 2.75) is 0 Å². The van der Waals surface area contributed by atoms with Gasteiger partial charge in [-0.05, 0) is 35.4 Å². The van der Waals surface area contributed by atoms with Crippen molar-refractivity contribution in [3.8, 4) is 17.2 Å². The average Bonchev–Trinajstić information content (AvgIpc) is 3.33. The van der Waals surface area contributed by atoms with Gasteiger partial charge in [0.05, 0.1) is 159 Å². The van der Waals surface area contributed by atoms with Crippen LogP contribution in [0.1, 0.15) is 11.1 Å². The first-order chi connectivity index (χ1) is 33.4. The summed E-state index contributed by atoms with van der Waals surface area (Å²) in [6, 6.07) is 11.1. The van der Waals surface area contributed by atoms with Crippen molar-refractivity contribution in [1.82, 2.24) is 16.0 Å². The molecule has 0 heterocycles. The van der Waals surface area contributed by atoms with E-state index >= 15 is 0 Å². The maximum atomic E-state index is 12.6. The monoisotopic (exact) mass is 975 g/mol. The quantitative estimate of drug-likeness (QED) is 0.0309. The van der Waals surface area contributed by atoms with Gasteiger partial charge in [-0.3, -0.25) is 16.0 Å². The van der Waals surface area contributed by atoms with Gasteiger partial charge >= 0.3 is 18.3 Å². The molecule has 2 aromatic carbocycles. The van der Waals surface area contributed by atoms with Crippen molar-refractivity contribution in [3.05, 3.63) is 53.6 Å². The molecule has 2 rings (SSSR count). The lowest BCUT2D eigenvalue weighted by Gasteiger charge is -2.11. The molecule has 0 radical (unpaired) electrons. The van der Waals surface area contributed by atoms with Gasteiger partial charge in [0.25, 0.3) is 0 Å². The fourth-order valence-electron chi connectivity index (χ4n) is 4.80. The minimum absolute atomic E-state index is 0.0307. The van der Waals surface area contributed by atoms with Crippen LogP contribution in [0, 0.1) is 0 Å². The van der Waals surface area contributed by atoms with Crippen LogP contribution < -0.4 is 30.2 Å². The van der Waals surface area contributed by atoms with E-state index in [-0.39, 0.29) is 110 Å². The number of benzene rings is 2. The summed E-state index contributed by atoms with van der Waals surface area (Å²) in [7, 11) is 0. The third kappa shape index (κ3) is 35.5. The van der Waals surface area contributed by atoms with Crippen LogP contribution in [-0.2, 0) is 56.8 Å². The highest BCUT2D eigenvalue weighted by Crippen LogP contribution is 2.25. The number of aliphatic hydroxyl groups is 3. The Morgan fingerprint density at radius 3 is 0.912 bits per heavy atom. The zero-order valence-corrected chi connectivity index (χ0v) is 38.5. The largest absolute Gasteiger partial charge is 0.414 e. The smallest absolute Gasteiger partial charge is 0.410 e. The molecule has 0 bridgehead atoms. The third-order valence-corrected chi connectivity index (χ3v) is 7.89. The van der Waals surface area contributed by atoms with Crippen molar-refractivity contribution >= 4 is 30.4 Å². The SMILES string of the molecule is O=C(NCOCCOCCOCCOCCO)Oc1ccc(/C=C/c2cc(OC(=O)NCOCCOCCOCCOCCO)cc(OC(=O)NCOCCOCCOCCOCCO)c2)cc1. The molecule has 2 aromatic rings. The molecular formula is C44H69N3O21. The van der Waals surface area contributed by atoms with Crippen molar-refractivity contribution in [2.24, 2.45) is 0 Å². The number of nitrogens with one attached hydrogen (secondary N) is 3. The average molecular weight is 976 g/mol. The second kappa shape index (κ2) is 43.7. The number of amides is 3. The Labute approximate surface area is 396 Å². The number of rotatable bonds is 44. The topological polar surface area (TPSA) is 286 Å². The fourth-order valence-corrected chi connectivity index (χ4v) is 4.80. The summed E-state index contributed by atoms with van der Waals surface area (Å²) in [5.74, 6) is 0.397. The number of carbonyl (C=O) groups excluding carboxylic acids is 3. The Hall–Kier alpha value is -4.61. The molecule has 3 amide bonds. The predicted molar refractivity (Wildman–Crippen MR) is 240 cm³/mol. The van der Waals surface area contributed by atoms with Gasteiger partial charge in [-0.15, -0.1) is 0 Å². The van der Waals surface area contributed by atoms with Gasteiger partial charge in [-0.2, -0.15) is 0 Å². The molecule has 0 spiro atoms. The number of aliphatic hydroxyl groups excluding tert-OH is 3. The van der Waals surface area contributed by atoms with Crippen molar-refractivity contribution < 1.29 is 101 Å². The summed E-state index contributed by atoms with van der Waals surface area (Å²) < 4.78 is 79.9. The molecule has 0 saturated heterocycles. The molecule has 68 heavy (non-hydrogen) atoms. The van der Waals surface area contributed by atoms with Gasteiger partial charge in [0, 0.05) is 6.07 Å². The molecule has 386 valence electrons. The van der Waals surface area contributed by atoms with Gasteiger partial charge in [-0.1, -0.05) is 24.3 Å². The van der Waals surface area contributed by atoms with Crippen LogP contribution in [0.2, 0.25) is 0 Å². The van der Waals surface area contributed by atoms with E-state index < -0.39 is 18.3 Å². The lowest BCUT2D eigenvalue weighted by molar-refractivity contribution is -0.00678. The van der Waals surface area contributed by atoms with Crippen LogP contribution in [0.15, 0.2) is 42.5 Å². The molecule has 0 saturated carbocycles. The van der Waals surface area contributed by atoms with Gasteiger partial charge in [0.15, 0.2) is 0 Å². The molecule has 0 unspecified atom stereocenters. The first-order valence-electron chi connectivity index (χ1n) is 22.0. The molecule has 0 aliphatic rings. The Morgan fingerprint density at radius 1 is 0.338 bits per heavy atom. The van der Waals surface area contributed by atoms with Crippen LogP contribution in [0.5, 0.6) is 17.2 Å². The van der Waals surface area contributed by atoms with Gasteiger partial charge in [-0.25, -0.2) is 14.4 Å². The van der Waals surface area contributed by atoms with E-state index in [1.54, 1.807) is 48.6 Å². The van der Waals surface area contributed by atoms with E-state index in [0.717, 1.165) is 5.56 Å². The Bertz CT molecular complexity index is 1510. The second-order valence-corrected chi connectivity index (χ2v) is 13.2. The van der Waals surface area contributed by atoms with E-state index in [0.29, 0.717) is 91.5 Å². The third-order valence-electron chi connectivity index (χ3n) is 7.89. The van der Waals surface area contributed by atoms with Gasteiger partial charge in [0.2, 0.25) is 0 Å². The standard InChI is InChI=1S/C44H69N3O21/c48-7-10-54-13-16-57-19-22-60-25-28-63-34-45-42(51)66-39-5-3-37(4-6-39)1-2-38-31-40(67-43(52)46-35-64-29-26-61-23-20-58-17-14-55-11-8-49)33-41(32-38)68-44(53)47-36-65-30-27-62-24-21-59-18-15-56-12-9-50/h1-6,31-33,48-50H,7-30,34-36H2,(H,45,51)(H,46,52)(H,47,53)/b2-1+. The van der Waals surface area contributed by atoms with Gasteiger partial charge in [0.1, 0.15) is 37.4 Å². The highest BCUT2D eigenvalue weighted by atomic mass is 16.6. The minimum atomic E-state index is -0.829. The first-order valence-corrected chi connectivity index (χ1v) is 22.0. The van der Waals surface area contributed by atoms with Crippen LogP contribution in [0.4, 0.5) is 14.4 Å². The summed E-state index contributed by atoms with van der Waals surface area (Å²) >= 11 is 0. The minimum Gasteiger partial charge on any atom is -0.410 e. The lowest BCUT2D eigenvalue weighted by atomic mass is 10.1. The maximum absolute atomic E-state index is 12.6. The van der Waals surface area contributed by atoms with Crippen LogP contribution >= 0.6 is 0 Å². The summed E-state index contributed by atoms with van der Waals surface area (Å²) in [5, 5.41) is 33.5. The Morgan fingerprint density at radius 2 is 0.603 bits per heavy atom.